The van der Waals surface area contributed by atoms with Crippen LogP contribution in [0.1, 0.15) is 38.3 Å². The van der Waals surface area contributed by atoms with Crippen LogP contribution in [-0.2, 0) is 13.2 Å². The van der Waals surface area contributed by atoms with Crippen LogP contribution in [-0.4, -0.2) is 68.9 Å². The third kappa shape index (κ3) is 8.14. The maximum atomic E-state index is 11.6. The zero-order valence-corrected chi connectivity index (χ0v) is 24.1. The standard InChI is InChI=1S/C28H36BrN5O4/c1-28(2,3)34(27(36)37)12-6-11-33(4)17-21-15-20(7-8-25(21)38-5)24-9-10-30-26(32-24)31-23-14-19(18-35)13-22(29)16-23/h7-10,13-16,35H,6,11-12,17-18H2,1-5H3,(H,36,37)(H,30,31,32). The third-order valence-electron chi connectivity index (χ3n) is 6.03. The molecule has 0 radical (unpaired) electrons. The number of carboxylic acid groups (broad SMARTS) is 1. The van der Waals surface area contributed by atoms with Gasteiger partial charge in [-0.3, -0.25) is 0 Å². The molecule has 1 aromatic heterocycles. The Hall–Kier alpha value is -3.21. The quantitative estimate of drug-likeness (QED) is 0.261. The predicted molar refractivity (Wildman–Crippen MR) is 153 cm³/mol. The molecule has 1 heterocycles. The molecule has 3 N–H and O–H groups in total. The Kier molecular flexibility index (Phi) is 10.1. The Bertz CT molecular complexity index is 1250. The van der Waals surface area contributed by atoms with Crippen molar-refractivity contribution in [2.24, 2.45) is 0 Å². The average Bonchev–Trinajstić information content (AvgIpc) is 2.85. The van der Waals surface area contributed by atoms with E-state index in [9.17, 15) is 15.0 Å². The van der Waals surface area contributed by atoms with Crippen LogP contribution in [0.15, 0.2) is 53.1 Å². The predicted octanol–water partition coefficient (Wildman–Crippen LogP) is 5.75. The van der Waals surface area contributed by atoms with Crippen LogP contribution in [0.5, 0.6) is 5.75 Å². The molecule has 3 aromatic rings. The number of amides is 1. The van der Waals surface area contributed by atoms with E-state index in [1.165, 1.54) is 4.90 Å². The topological polar surface area (TPSA) is 111 Å². The van der Waals surface area contributed by atoms with Gasteiger partial charge in [0.2, 0.25) is 5.95 Å². The van der Waals surface area contributed by atoms with Gasteiger partial charge in [-0.05, 0) is 88.8 Å². The summed E-state index contributed by atoms with van der Waals surface area (Å²) in [5.74, 6) is 1.22. The van der Waals surface area contributed by atoms with Crippen molar-refractivity contribution < 1.29 is 19.7 Å². The molecule has 0 aliphatic carbocycles. The third-order valence-corrected chi connectivity index (χ3v) is 6.49. The van der Waals surface area contributed by atoms with Crippen LogP contribution < -0.4 is 10.1 Å². The Balaban J connectivity index is 1.73. The number of carbonyl (C=O) groups is 1. The normalized spacial score (nSPS) is 11.5. The lowest BCUT2D eigenvalue weighted by Gasteiger charge is -2.33. The van der Waals surface area contributed by atoms with E-state index in [0.29, 0.717) is 19.0 Å². The number of halogens is 1. The van der Waals surface area contributed by atoms with Gasteiger partial charge in [0.25, 0.3) is 0 Å². The number of nitrogens with zero attached hydrogens (tertiary/aromatic N) is 4. The van der Waals surface area contributed by atoms with E-state index < -0.39 is 11.6 Å². The molecule has 0 fully saturated rings. The molecule has 3 rings (SSSR count). The molecule has 9 nitrogen and oxygen atoms in total. The van der Waals surface area contributed by atoms with E-state index in [2.05, 4.69) is 37.2 Å². The van der Waals surface area contributed by atoms with Gasteiger partial charge < -0.3 is 30.1 Å². The molecule has 0 atom stereocenters. The van der Waals surface area contributed by atoms with E-state index in [4.69, 9.17) is 9.72 Å². The zero-order chi connectivity index (χ0) is 27.9. The number of aliphatic hydroxyl groups excluding tert-OH is 1. The van der Waals surface area contributed by atoms with Gasteiger partial charge in [0.15, 0.2) is 0 Å². The summed E-state index contributed by atoms with van der Waals surface area (Å²) in [5.41, 5.74) is 3.79. The van der Waals surface area contributed by atoms with E-state index in [-0.39, 0.29) is 6.61 Å². The lowest BCUT2D eigenvalue weighted by molar-refractivity contribution is 0.0971. The molecular formula is C28H36BrN5O4. The average molecular weight is 587 g/mol. The van der Waals surface area contributed by atoms with Gasteiger partial charge in [-0.2, -0.15) is 0 Å². The number of ether oxygens (including phenoxy) is 1. The van der Waals surface area contributed by atoms with Gasteiger partial charge in [0, 0.05) is 46.1 Å². The molecule has 0 spiro atoms. The van der Waals surface area contributed by atoms with E-state index in [1.807, 2.05) is 64.2 Å². The molecule has 0 unspecified atom stereocenters. The molecule has 204 valence electrons. The maximum Gasteiger partial charge on any atom is 0.407 e. The van der Waals surface area contributed by atoms with Gasteiger partial charge >= 0.3 is 6.09 Å². The van der Waals surface area contributed by atoms with Crippen molar-refractivity contribution in [1.29, 1.82) is 0 Å². The van der Waals surface area contributed by atoms with Gasteiger partial charge in [-0.1, -0.05) is 15.9 Å². The first-order chi connectivity index (χ1) is 18.0. The minimum absolute atomic E-state index is 0.0630. The highest BCUT2D eigenvalue weighted by atomic mass is 79.9. The second-order valence-electron chi connectivity index (χ2n) is 10.1. The first-order valence-electron chi connectivity index (χ1n) is 12.4. The first-order valence-corrected chi connectivity index (χ1v) is 13.2. The summed E-state index contributed by atoms with van der Waals surface area (Å²) in [7, 11) is 3.66. The summed E-state index contributed by atoms with van der Waals surface area (Å²) in [5, 5.41) is 22.2. The van der Waals surface area contributed by atoms with Crippen molar-refractivity contribution in [3.05, 3.63) is 64.3 Å². The number of anilines is 2. The number of hydrogen-bond donors (Lipinski definition) is 3. The highest BCUT2D eigenvalue weighted by molar-refractivity contribution is 9.10. The molecule has 0 saturated carbocycles. The van der Waals surface area contributed by atoms with Crippen molar-refractivity contribution in [1.82, 2.24) is 19.8 Å². The number of aliphatic hydroxyl groups is 1. The highest BCUT2D eigenvalue weighted by Crippen LogP contribution is 2.28. The van der Waals surface area contributed by atoms with Crippen molar-refractivity contribution in [2.45, 2.75) is 45.9 Å². The fourth-order valence-corrected chi connectivity index (χ4v) is 4.71. The number of hydrogen-bond acceptors (Lipinski definition) is 7. The van der Waals surface area contributed by atoms with Crippen LogP contribution in [0.25, 0.3) is 11.3 Å². The Labute approximate surface area is 232 Å². The first kappa shape index (κ1) is 29.3. The minimum atomic E-state index is -0.901. The van der Waals surface area contributed by atoms with Gasteiger partial charge in [0.05, 0.1) is 19.4 Å². The Morgan fingerprint density at radius 3 is 2.55 bits per heavy atom. The van der Waals surface area contributed by atoms with Crippen LogP contribution in [0.3, 0.4) is 0 Å². The molecule has 38 heavy (non-hydrogen) atoms. The lowest BCUT2D eigenvalue weighted by Crippen LogP contribution is -2.46. The summed E-state index contributed by atoms with van der Waals surface area (Å²) >= 11 is 3.46. The molecular weight excluding hydrogens is 550 g/mol. The monoisotopic (exact) mass is 585 g/mol. The summed E-state index contributed by atoms with van der Waals surface area (Å²) < 4.78 is 6.46. The number of rotatable bonds is 11. The van der Waals surface area contributed by atoms with Gasteiger partial charge in [-0.25, -0.2) is 14.8 Å². The van der Waals surface area contributed by atoms with Crippen molar-refractivity contribution in [2.75, 3.05) is 32.6 Å². The van der Waals surface area contributed by atoms with E-state index >= 15 is 0 Å². The molecule has 1 amide bonds. The van der Waals surface area contributed by atoms with Crippen molar-refractivity contribution in [3.8, 4) is 17.0 Å². The van der Waals surface area contributed by atoms with Crippen molar-refractivity contribution >= 4 is 33.7 Å². The summed E-state index contributed by atoms with van der Waals surface area (Å²) in [4.78, 5) is 24.3. The largest absolute Gasteiger partial charge is 0.496 e. The maximum absolute atomic E-state index is 11.6. The van der Waals surface area contributed by atoms with Crippen LogP contribution in [0, 0.1) is 0 Å². The number of nitrogens with one attached hydrogen (secondary N) is 1. The minimum Gasteiger partial charge on any atom is -0.496 e. The van der Waals surface area contributed by atoms with Crippen LogP contribution >= 0.6 is 15.9 Å². The van der Waals surface area contributed by atoms with E-state index in [1.54, 1.807) is 13.3 Å². The molecule has 0 saturated heterocycles. The second kappa shape index (κ2) is 13.0. The summed E-state index contributed by atoms with van der Waals surface area (Å²) in [6, 6.07) is 13.4. The molecule has 10 heteroatoms. The van der Waals surface area contributed by atoms with Gasteiger partial charge in [-0.15, -0.1) is 0 Å². The number of methoxy groups -OCH3 is 1. The fraction of sp³-hybridized carbons (Fsp3) is 0.393. The van der Waals surface area contributed by atoms with Crippen LogP contribution in [0.2, 0.25) is 0 Å². The summed E-state index contributed by atoms with van der Waals surface area (Å²) in [6.07, 6.45) is 1.52. The Morgan fingerprint density at radius 2 is 1.89 bits per heavy atom. The van der Waals surface area contributed by atoms with Crippen LogP contribution in [0.4, 0.5) is 16.4 Å². The fourth-order valence-electron chi connectivity index (χ4n) is 4.17. The molecule has 0 aliphatic heterocycles. The zero-order valence-electron chi connectivity index (χ0n) is 22.5. The number of benzene rings is 2. The van der Waals surface area contributed by atoms with Gasteiger partial charge in [0.1, 0.15) is 5.75 Å². The Morgan fingerprint density at radius 1 is 1.13 bits per heavy atom. The molecule has 2 aromatic carbocycles. The smallest absolute Gasteiger partial charge is 0.407 e. The SMILES string of the molecule is COc1ccc(-c2ccnc(Nc3cc(Br)cc(CO)c3)n2)cc1CN(C)CCCN(C(=O)O)C(C)(C)C. The molecule has 0 aliphatic rings. The summed E-state index contributed by atoms with van der Waals surface area (Å²) in [6.45, 7) is 7.48. The lowest BCUT2D eigenvalue weighted by atomic mass is 10.1. The van der Waals surface area contributed by atoms with E-state index in [0.717, 1.165) is 51.3 Å². The number of aromatic nitrogens is 2. The van der Waals surface area contributed by atoms with Crippen molar-refractivity contribution in [3.63, 3.8) is 0 Å². The second-order valence-corrected chi connectivity index (χ2v) is 11.0. The highest BCUT2D eigenvalue weighted by Gasteiger charge is 2.25. The molecule has 0 bridgehead atoms.